The van der Waals surface area contributed by atoms with E-state index in [0.717, 1.165) is 11.1 Å². The molecule has 2 saturated heterocycles. The van der Waals surface area contributed by atoms with Gasteiger partial charge in [0.15, 0.2) is 12.6 Å². The topological polar surface area (TPSA) is 77.4 Å². The quantitative estimate of drug-likeness (QED) is 0.873. The van der Waals surface area contributed by atoms with Crippen LogP contribution in [-0.4, -0.2) is 47.8 Å². The van der Waals surface area contributed by atoms with E-state index < -0.39 is 37.0 Å². The van der Waals surface area contributed by atoms with Crippen LogP contribution in [0.2, 0.25) is 0 Å². The minimum atomic E-state index is -1.03. The van der Waals surface area contributed by atoms with Gasteiger partial charge >= 0.3 is 0 Å². The van der Waals surface area contributed by atoms with E-state index in [1.54, 1.807) is 0 Å². The number of aliphatic hydroxyl groups excluding tert-OH is 2. The lowest BCUT2D eigenvalue weighted by Crippen LogP contribution is -2.49. The van der Waals surface area contributed by atoms with Gasteiger partial charge < -0.3 is 29.2 Å². The molecule has 2 heterocycles. The Hall–Kier alpha value is -1.80. The zero-order valence-electron chi connectivity index (χ0n) is 14.2. The van der Waals surface area contributed by atoms with E-state index in [1.165, 1.54) is 0 Å². The van der Waals surface area contributed by atoms with Crippen LogP contribution >= 0.6 is 0 Å². The highest BCUT2D eigenvalue weighted by Crippen LogP contribution is 2.37. The largest absolute Gasteiger partial charge is 0.394 e. The smallest absolute Gasteiger partial charge is 0.184 e. The van der Waals surface area contributed by atoms with Crippen LogP contribution in [0.1, 0.15) is 23.7 Å². The summed E-state index contributed by atoms with van der Waals surface area (Å²) >= 11 is 0. The van der Waals surface area contributed by atoms with Crippen LogP contribution in [0.5, 0.6) is 0 Å². The van der Waals surface area contributed by atoms with E-state index in [4.69, 9.17) is 18.9 Å². The molecule has 2 aromatic rings. The van der Waals surface area contributed by atoms with Gasteiger partial charge in [-0.3, -0.25) is 0 Å². The third-order valence-corrected chi connectivity index (χ3v) is 4.70. The van der Waals surface area contributed by atoms with E-state index in [0.29, 0.717) is 0 Å². The van der Waals surface area contributed by atoms with Crippen LogP contribution in [0.4, 0.5) is 0 Å². The van der Waals surface area contributed by atoms with Crippen LogP contribution in [0.25, 0.3) is 0 Å². The van der Waals surface area contributed by atoms with Crippen molar-refractivity contribution in [2.24, 2.45) is 0 Å². The van der Waals surface area contributed by atoms with Gasteiger partial charge in [-0.1, -0.05) is 60.7 Å². The molecule has 0 radical (unpaired) electrons. The summed E-state index contributed by atoms with van der Waals surface area (Å²) in [5.41, 5.74) is 1.68. The second-order valence-corrected chi connectivity index (χ2v) is 6.44. The molecule has 26 heavy (non-hydrogen) atoms. The van der Waals surface area contributed by atoms with Crippen molar-refractivity contribution < 1.29 is 29.2 Å². The second kappa shape index (κ2) is 7.84. The minimum Gasteiger partial charge on any atom is -0.394 e. The van der Waals surface area contributed by atoms with E-state index in [1.807, 2.05) is 60.7 Å². The van der Waals surface area contributed by atoms with Crippen LogP contribution in [0, 0.1) is 0 Å². The third kappa shape index (κ3) is 3.53. The first-order valence-corrected chi connectivity index (χ1v) is 8.73. The summed E-state index contributed by atoms with van der Waals surface area (Å²) in [6.07, 6.45) is -4.26. The fraction of sp³-hybridized carbons (Fsp3) is 0.400. The Labute approximate surface area is 151 Å². The average molecular weight is 358 g/mol. The van der Waals surface area contributed by atoms with E-state index >= 15 is 0 Å². The van der Waals surface area contributed by atoms with Gasteiger partial charge in [-0.05, 0) is 0 Å². The van der Waals surface area contributed by atoms with E-state index in [2.05, 4.69) is 0 Å². The number of ether oxygens (including phenoxy) is 4. The highest BCUT2D eigenvalue weighted by molar-refractivity contribution is 5.18. The molecule has 6 heteroatoms. The van der Waals surface area contributed by atoms with Gasteiger partial charge in [0.2, 0.25) is 0 Å². The van der Waals surface area contributed by atoms with Crippen molar-refractivity contribution in [3.8, 4) is 0 Å². The lowest BCUT2D eigenvalue weighted by molar-refractivity contribution is -0.241. The Balaban J connectivity index is 1.55. The van der Waals surface area contributed by atoms with Gasteiger partial charge in [0.25, 0.3) is 0 Å². The zero-order valence-corrected chi connectivity index (χ0v) is 14.2. The fourth-order valence-electron chi connectivity index (χ4n) is 3.31. The van der Waals surface area contributed by atoms with Gasteiger partial charge in [0.05, 0.1) is 13.2 Å². The number of hydrogen-bond acceptors (Lipinski definition) is 6. The summed E-state index contributed by atoms with van der Waals surface area (Å²) < 4.78 is 23.6. The number of benzene rings is 2. The first-order valence-electron chi connectivity index (χ1n) is 8.73. The normalized spacial score (nSPS) is 34.7. The maximum atomic E-state index is 10.7. The van der Waals surface area contributed by atoms with Crippen molar-refractivity contribution in [1.29, 1.82) is 0 Å². The summed E-state index contributed by atoms with van der Waals surface area (Å²) in [7, 11) is 0. The molecule has 2 unspecified atom stereocenters. The number of rotatable bonds is 3. The van der Waals surface area contributed by atoms with Gasteiger partial charge in [-0.15, -0.1) is 0 Å². The third-order valence-electron chi connectivity index (χ3n) is 4.70. The van der Waals surface area contributed by atoms with Gasteiger partial charge in [0.1, 0.15) is 24.4 Å². The molecule has 0 spiro atoms. The van der Waals surface area contributed by atoms with Crippen molar-refractivity contribution in [3.63, 3.8) is 0 Å². The lowest BCUT2D eigenvalue weighted by Gasteiger charge is -2.34. The monoisotopic (exact) mass is 358 g/mol. The summed E-state index contributed by atoms with van der Waals surface area (Å²) in [5.74, 6) is 0. The molecular formula is C20H22O6. The molecule has 0 aromatic heterocycles. The summed E-state index contributed by atoms with van der Waals surface area (Å²) in [6.45, 7) is -0.140. The van der Waals surface area contributed by atoms with E-state index in [-0.39, 0.29) is 13.2 Å². The highest BCUT2D eigenvalue weighted by atomic mass is 16.8. The molecule has 6 atom stereocenters. The number of hydrogen-bond donors (Lipinski definition) is 2. The average Bonchev–Trinajstić information content (AvgIpc) is 3.12. The van der Waals surface area contributed by atoms with Gasteiger partial charge in [-0.25, -0.2) is 0 Å². The molecule has 0 aliphatic carbocycles. The van der Waals surface area contributed by atoms with Crippen molar-refractivity contribution in [3.05, 3.63) is 71.8 Å². The predicted molar refractivity (Wildman–Crippen MR) is 92.0 cm³/mol. The minimum absolute atomic E-state index is 0.211. The van der Waals surface area contributed by atoms with Crippen molar-refractivity contribution >= 4 is 0 Å². The summed E-state index contributed by atoms with van der Waals surface area (Å²) in [6, 6.07) is 19.0. The second-order valence-electron chi connectivity index (χ2n) is 6.44. The first kappa shape index (κ1) is 17.6. The van der Waals surface area contributed by atoms with Crippen LogP contribution < -0.4 is 0 Å². The SMILES string of the molecule is OC[C@@H]1OC(c2ccccc2)OC[C@H]2OC(c3ccccc3)O[C@H]2[C@@H]1O. The molecule has 2 aliphatic heterocycles. The molecule has 0 bridgehead atoms. The Morgan fingerprint density at radius 2 is 1.42 bits per heavy atom. The summed E-state index contributed by atoms with van der Waals surface area (Å²) in [5, 5.41) is 20.4. The molecule has 0 saturated carbocycles. The predicted octanol–water partition coefficient (Wildman–Crippen LogP) is 1.94. The van der Waals surface area contributed by atoms with Crippen LogP contribution in [0.3, 0.4) is 0 Å². The maximum absolute atomic E-state index is 10.7. The number of fused-ring (bicyclic) bond motifs is 1. The van der Waals surface area contributed by atoms with Gasteiger partial charge in [-0.2, -0.15) is 0 Å². The zero-order chi connectivity index (χ0) is 17.9. The highest BCUT2D eigenvalue weighted by Gasteiger charge is 2.46. The lowest BCUT2D eigenvalue weighted by atomic mass is 10.0. The van der Waals surface area contributed by atoms with Crippen molar-refractivity contribution in [2.75, 3.05) is 13.2 Å². The van der Waals surface area contributed by atoms with E-state index in [9.17, 15) is 10.2 Å². The van der Waals surface area contributed by atoms with Crippen LogP contribution in [0.15, 0.2) is 60.7 Å². The molecule has 6 nitrogen and oxygen atoms in total. The van der Waals surface area contributed by atoms with Crippen molar-refractivity contribution in [2.45, 2.75) is 37.0 Å². The molecule has 138 valence electrons. The molecule has 2 aliphatic rings. The molecule has 0 amide bonds. The molecule has 4 rings (SSSR count). The molecule has 2 fully saturated rings. The van der Waals surface area contributed by atoms with Crippen molar-refractivity contribution in [1.82, 2.24) is 0 Å². The summed E-state index contributed by atoms with van der Waals surface area (Å²) in [4.78, 5) is 0. The maximum Gasteiger partial charge on any atom is 0.184 e. The molecule has 2 N–H and O–H groups in total. The fourth-order valence-corrected chi connectivity index (χ4v) is 3.31. The van der Waals surface area contributed by atoms with Crippen LogP contribution in [-0.2, 0) is 18.9 Å². The standard InChI is InChI=1S/C20H22O6/c21-11-15-17(22)18-16(25-20(26-18)14-9-5-2-6-10-14)12-23-19(24-15)13-7-3-1-4-8-13/h1-10,15-22H,11-12H2/t15-,16+,17+,18+,19?,20?/m0/s1. The Morgan fingerprint density at radius 1 is 0.808 bits per heavy atom. The Morgan fingerprint density at radius 3 is 2.04 bits per heavy atom. The first-order chi connectivity index (χ1) is 12.8. The van der Waals surface area contributed by atoms with Gasteiger partial charge in [0, 0.05) is 11.1 Å². The Kier molecular flexibility index (Phi) is 5.31. The Bertz CT molecular complexity index is 694. The number of aliphatic hydroxyl groups is 2. The molecule has 2 aromatic carbocycles. The molecular weight excluding hydrogens is 336 g/mol.